The monoisotopic (exact) mass is 261 g/mol. The number of benzene rings is 1. The van der Waals surface area contributed by atoms with Crippen LogP contribution in [0.4, 0.5) is 0 Å². The molecule has 0 saturated carbocycles. The highest BCUT2D eigenvalue weighted by Crippen LogP contribution is 2.25. The van der Waals surface area contributed by atoms with Crippen LogP contribution in [0, 0.1) is 6.92 Å². The normalized spacial score (nSPS) is 21.3. The summed E-state index contributed by atoms with van der Waals surface area (Å²) >= 11 is 0. The molecule has 2 rings (SSSR count). The Labute approximate surface area is 117 Å². The summed E-state index contributed by atoms with van der Waals surface area (Å²) in [5, 5.41) is 3.62. The van der Waals surface area contributed by atoms with E-state index in [1.807, 2.05) is 0 Å². The fourth-order valence-corrected chi connectivity index (χ4v) is 2.98. The van der Waals surface area contributed by atoms with Crippen LogP contribution >= 0.6 is 0 Å². The molecule has 1 saturated heterocycles. The lowest BCUT2D eigenvalue weighted by Crippen LogP contribution is -2.25. The first kappa shape index (κ1) is 14.5. The molecule has 0 aliphatic carbocycles. The van der Waals surface area contributed by atoms with Crippen molar-refractivity contribution in [3.05, 3.63) is 35.4 Å². The zero-order chi connectivity index (χ0) is 13.5. The molecule has 19 heavy (non-hydrogen) atoms. The minimum absolute atomic E-state index is 0.469. The Hall–Kier alpha value is -0.860. The molecular formula is C17H27NO. The van der Waals surface area contributed by atoms with Gasteiger partial charge in [-0.1, -0.05) is 31.2 Å². The van der Waals surface area contributed by atoms with Crippen LogP contribution < -0.4 is 5.32 Å². The van der Waals surface area contributed by atoms with Gasteiger partial charge in [-0.05, 0) is 56.7 Å². The van der Waals surface area contributed by atoms with Gasteiger partial charge in [0, 0.05) is 12.6 Å². The largest absolute Gasteiger partial charge is 0.378 e. The Bertz CT molecular complexity index is 371. The molecule has 2 heteroatoms. The van der Waals surface area contributed by atoms with Gasteiger partial charge in [-0.3, -0.25) is 0 Å². The summed E-state index contributed by atoms with van der Waals surface area (Å²) in [7, 11) is 0. The van der Waals surface area contributed by atoms with Gasteiger partial charge in [0.25, 0.3) is 0 Å². The van der Waals surface area contributed by atoms with E-state index in [9.17, 15) is 0 Å². The van der Waals surface area contributed by atoms with Crippen molar-refractivity contribution in [1.82, 2.24) is 5.32 Å². The molecular weight excluding hydrogens is 234 g/mol. The lowest BCUT2D eigenvalue weighted by Gasteiger charge is -2.26. The van der Waals surface area contributed by atoms with Gasteiger partial charge in [0.05, 0.1) is 6.10 Å². The highest BCUT2D eigenvalue weighted by molar-refractivity contribution is 5.28. The van der Waals surface area contributed by atoms with Crippen LogP contribution in [0.5, 0.6) is 0 Å². The molecule has 0 bridgehead atoms. The lowest BCUT2D eigenvalue weighted by atomic mass is 9.94. The number of aryl methyl sites for hydroxylation is 1. The Morgan fingerprint density at radius 3 is 2.84 bits per heavy atom. The predicted molar refractivity (Wildman–Crippen MR) is 80.4 cm³/mol. The Balaban J connectivity index is 1.94. The summed E-state index contributed by atoms with van der Waals surface area (Å²) in [5.41, 5.74) is 2.83. The van der Waals surface area contributed by atoms with Crippen LogP contribution in [0.1, 0.15) is 56.2 Å². The van der Waals surface area contributed by atoms with Crippen molar-refractivity contribution in [1.29, 1.82) is 0 Å². The third-order valence-electron chi connectivity index (χ3n) is 4.07. The molecule has 1 heterocycles. The molecule has 0 radical (unpaired) electrons. The van der Waals surface area contributed by atoms with E-state index >= 15 is 0 Å². The maximum absolute atomic E-state index is 5.84. The van der Waals surface area contributed by atoms with Gasteiger partial charge in [-0.15, -0.1) is 0 Å². The third kappa shape index (κ3) is 4.32. The SMILES string of the molecule is CCNC(CCC1CCCCO1)c1ccccc1C. The number of hydrogen-bond donors (Lipinski definition) is 1. The molecule has 2 unspecified atom stereocenters. The molecule has 1 N–H and O–H groups in total. The van der Waals surface area contributed by atoms with E-state index in [1.54, 1.807) is 0 Å². The number of nitrogens with one attached hydrogen (secondary N) is 1. The van der Waals surface area contributed by atoms with Crippen molar-refractivity contribution >= 4 is 0 Å². The number of hydrogen-bond acceptors (Lipinski definition) is 2. The minimum atomic E-state index is 0.469. The van der Waals surface area contributed by atoms with Crippen LogP contribution in [-0.4, -0.2) is 19.3 Å². The molecule has 1 aliphatic heterocycles. The Morgan fingerprint density at radius 1 is 1.32 bits per heavy atom. The zero-order valence-corrected chi connectivity index (χ0v) is 12.3. The topological polar surface area (TPSA) is 21.3 Å². The molecule has 0 spiro atoms. The van der Waals surface area contributed by atoms with Gasteiger partial charge in [0.2, 0.25) is 0 Å². The molecule has 106 valence electrons. The van der Waals surface area contributed by atoms with Gasteiger partial charge in [0.1, 0.15) is 0 Å². The van der Waals surface area contributed by atoms with Gasteiger partial charge in [-0.25, -0.2) is 0 Å². The standard InChI is InChI=1S/C17H27NO/c1-3-18-17(16-10-5-4-8-14(16)2)12-11-15-9-6-7-13-19-15/h4-5,8,10,15,17-18H,3,6-7,9,11-13H2,1-2H3. The van der Waals surface area contributed by atoms with Crippen molar-refractivity contribution in [3.63, 3.8) is 0 Å². The van der Waals surface area contributed by atoms with Gasteiger partial charge >= 0.3 is 0 Å². The third-order valence-corrected chi connectivity index (χ3v) is 4.07. The van der Waals surface area contributed by atoms with Gasteiger partial charge in [-0.2, -0.15) is 0 Å². The van der Waals surface area contributed by atoms with Crippen LogP contribution in [0.3, 0.4) is 0 Å². The molecule has 2 atom stereocenters. The lowest BCUT2D eigenvalue weighted by molar-refractivity contribution is 0.00855. The summed E-state index contributed by atoms with van der Waals surface area (Å²) in [4.78, 5) is 0. The first-order valence-corrected chi connectivity index (χ1v) is 7.71. The fraction of sp³-hybridized carbons (Fsp3) is 0.647. The van der Waals surface area contributed by atoms with Crippen LogP contribution in [0.25, 0.3) is 0 Å². The van der Waals surface area contributed by atoms with E-state index < -0.39 is 0 Å². The predicted octanol–water partition coefficient (Wildman–Crippen LogP) is 3.99. The van der Waals surface area contributed by atoms with E-state index in [0.717, 1.165) is 13.2 Å². The Kier molecular flexibility index (Phi) is 5.87. The van der Waals surface area contributed by atoms with Crippen LogP contribution in [0.2, 0.25) is 0 Å². The average molecular weight is 261 g/mol. The second kappa shape index (κ2) is 7.66. The first-order valence-electron chi connectivity index (χ1n) is 7.71. The number of rotatable bonds is 6. The van der Waals surface area contributed by atoms with Crippen LogP contribution in [0.15, 0.2) is 24.3 Å². The molecule has 1 aliphatic rings. The summed E-state index contributed by atoms with van der Waals surface area (Å²) in [6.45, 7) is 6.37. The molecule has 0 amide bonds. The second-order valence-corrected chi connectivity index (χ2v) is 5.53. The van der Waals surface area contributed by atoms with Crippen molar-refractivity contribution in [2.45, 2.75) is 58.1 Å². The van der Waals surface area contributed by atoms with E-state index in [4.69, 9.17) is 4.74 Å². The van der Waals surface area contributed by atoms with Crippen molar-refractivity contribution in [2.24, 2.45) is 0 Å². The highest BCUT2D eigenvalue weighted by atomic mass is 16.5. The zero-order valence-electron chi connectivity index (χ0n) is 12.3. The molecule has 1 fully saturated rings. The van der Waals surface area contributed by atoms with Crippen molar-refractivity contribution in [2.75, 3.05) is 13.2 Å². The molecule has 2 nitrogen and oxygen atoms in total. The summed E-state index contributed by atoms with van der Waals surface area (Å²) in [6.07, 6.45) is 6.65. The quantitative estimate of drug-likeness (QED) is 0.836. The van der Waals surface area contributed by atoms with Crippen molar-refractivity contribution in [3.8, 4) is 0 Å². The molecule has 0 aromatic heterocycles. The van der Waals surface area contributed by atoms with Gasteiger partial charge < -0.3 is 10.1 Å². The number of ether oxygens (including phenoxy) is 1. The maximum atomic E-state index is 5.84. The minimum Gasteiger partial charge on any atom is -0.378 e. The fourth-order valence-electron chi connectivity index (χ4n) is 2.98. The van der Waals surface area contributed by atoms with Gasteiger partial charge in [0.15, 0.2) is 0 Å². The second-order valence-electron chi connectivity index (χ2n) is 5.53. The first-order chi connectivity index (χ1) is 9.31. The summed E-state index contributed by atoms with van der Waals surface area (Å²) < 4.78 is 5.84. The van der Waals surface area contributed by atoms with E-state index in [1.165, 1.54) is 43.2 Å². The highest BCUT2D eigenvalue weighted by Gasteiger charge is 2.18. The molecule has 1 aromatic rings. The molecule has 1 aromatic carbocycles. The van der Waals surface area contributed by atoms with Crippen molar-refractivity contribution < 1.29 is 4.74 Å². The summed E-state index contributed by atoms with van der Waals surface area (Å²) in [5.74, 6) is 0. The van der Waals surface area contributed by atoms with Crippen LogP contribution in [-0.2, 0) is 4.74 Å². The van der Waals surface area contributed by atoms with E-state index in [0.29, 0.717) is 12.1 Å². The smallest absolute Gasteiger partial charge is 0.0575 e. The average Bonchev–Trinajstić information content (AvgIpc) is 2.45. The Morgan fingerprint density at radius 2 is 2.16 bits per heavy atom. The maximum Gasteiger partial charge on any atom is 0.0575 e. The van der Waals surface area contributed by atoms with E-state index in [2.05, 4.69) is 43.4 Å². The van der Waals surface area contributed by atoms with E-state index in [-0.39, 0.29) is 0 Å². The summed E-state index contributed by atoms with van der Waals surface area (Å²) in [6, 6.07) is 9.19.